The highest BCUT2D eigenvalue weighted by Crippen LogP contribution is 2.18. The van der Waals surface area contributed by atoms with Crippen LogP contribution in [0.4, 0.5) is 5.69 Å². The minimum atomic E-state index is -0.575. The van der Waals surface area contributed by atoms with Crippen molar-refractivity contribution in [3.63, 3.8) is 0 Å². The summed E-state index contributed by atoms with van der Waals surface area (Å²) < 4.78 is 0. The molecule has 0 heterocycles. The molecule has 0 bridgehead atoms. The van der Waals surface area contributed by atoms with Gasteiger partial charge in [0.15, 0.2) is 0 Å². The largest absolute Gasteiger partial charge is 0.299 e. The van der Waals surface area contributed by atoms with E-state index in [-0.39, 0.29) is 11.3 Å². The molecule has 5 nitrogen and oxygen atoms in total. The molecule has 0 aliphatic rings. The molecule has 1 aromatic carbocycles. The van der Waals surface area contributed by atoms with Crippen LogP contribution in [0.3, 0.4) is 0 Å². The molecule has 0 fully saturated rings. The van der Waals surface area contributed by atoms with Crippen LogP contribution < -0.4 is 0 Å². The summed E-state index contributed by atoms with van der Waals surface area (Å²) in [6.07, 6.45) is 3.22. The molecule has 0 aromatic heterocycles. The van der Waals surface area contributed by atoms with E-state index in [0.29, 0.717) is 11.8 Å². The summed E-state index contributed by atoms with van der Waals surface area (Å²) in [4.78, 5) is 19.9. The number of hydrogen-bond donors (Lipinski definition) is 0. The zero-order valence-electron chi connectivity index (χ0n) is 7.58. The molecular weight excluding hydrogens is 196 g/mol. The molecule has 5 heteroatoms. The summed E-state index contributed by atoms with van der Waals surface area (Å²) in [5, 5.41) is 19.1. The van der Waals surface area contributed by atoms with Gasteiger partial charge in [0.25, 0.3) is 5.69 Å². The molecule has 0 aliphatic carbocycles. The smallest absolute Gasteiger partial charge is 0.270 e. The molecule has 0 aliphatic heterocycles. The first-order valence-corrected chi connectivity index (χ1v) is 3.99. The second-order valence-electron chi connectivity index (χ2n) is 2.64. The van der Waals surface area contributed by atoms with Gasteiger partial charge in [-0.1, -0.05) is 6.08 Å². The number of carbonyl (C=O) groups is 1. The first-order valence-electron chi connectivity index (χ1n) is 3.99. The van der Waals surface area contributed by atoms with E-state index in [1.54, 1.807) is 0 Å². The van der Waals surface area contributed by atoms with Gasteiger partial charge in [0, 0.05) is 12.1 Å². The third-order valence-electron chi connectivity index (χ3n) is 1.72. The summed E-state index contributed by atoms with van der Waals surface area (Å²) in [6.45, 7) is 0. The van der Waals surface area contributed by atoms with Crippen molar-refractivity contribution in [3.05, 3.63) is 45.5 Å². The Hall–Kier alpha value is -2.48. The molecule has 0 N–H and O–H groups in total. The van der Waals surface area contributed by atoms with Gasteiger partial charge in [0.1, 0.15) is 12.4 Å². The molecule has 0 atom stereocenters. The molecule has 15 heavy (non-hydrogen) atoms. The van der Waals surface area contributed by atoms with Gasteiger partial charge in [-0.05, 0) is 17.7 Å². The lowest BCUT2D eigenvalue weighted by Crippen LogP contribution is -1.90. The Morgan fingerprint density at radius 2 is 2.20 bits per heavy atom. The monoisotopic (exact) mass is 202 g/mol. The fraction of sp³-hybridized carbons (Fsp3) is 0. The van der Waals surface area contributed by atoms with E-state index in [0.717, 1.165) is 0 Å². The van der Waals surface area contributed by atoms with E-state index < -0.39 is 4.92 Å². The van der Waals surface area contributed by atoms with Crippen LogP contribution in [0.25, 0.3) is 6.08 Å². The fourth-order valence-electron chi connectivity index (χ4n) is 1.04. The molecule has 0 unspecified atom stereocenters. The fourth-order valence-corrected chi connectivity index (χ4v) is 1.04. The zero-order valence-corrected chi connectivity index (χ0v) is 7.58. The quantitative estimate of drug-likeness (QED) is 0.323. The van der Waals surface area contributed by atoms with Crippen LogP contribution in [-0.2, 0) is 4.79 Å². The number of allylic oxidation sites excluding steroid dienone is 1. The maximum Gasteiger partial charge on any atom is 0.270 e. The van der Waals surface area contributed by atoms with E-state index in [2.05, 4.69) is 0 Å². The number of non-ortho nitro benzene ring substituents is 1. The van der Waals surface area contributed by atoms with Crippen LogP contribution in [0.1, 0.15) is 11.1 Å². The van der Waals surface area contributed by atoms with Crippen molar-refractivity contribution in [3.8, 4) is 6.07 Å². The number of nitro benzene ring substituents is 1. The van der Waals surface area contributed by atoms with E-state index in [1.807, 2.05) is 6.07 Å². The van der Waals surface area contributed by atoms with Crippen molar-refractivity contribution >= 4 is 18.0 Å². The lowest BCUT2D eigenvalue weighted by Gasteiger charge is -1.96. The lowest BCUT2D eigenvalue weighted by atomic mass is 10.1. The van der Waals surface area contributed by atoms with Crippen molar-refractivity contribution < 1.29 is 9.72 Å². The summed E-state index contributed by atoms with van der Waals surface area (Å²) in [5.74, 6) is 0. The standard InChI is InChI=1S/C10H6N2O3/c11-7-9-6-10(12(14)15)4-3-8(9)2-1-5-13/h1-6H. The Labute approximate surface area is 85.4 Å². The van der Waals surface area contributed by atoms with Crippen molar-refractivity contribution in [1.82, 2.24) is 0 Å². The van der Waals surface area contributed by atoms with Gasteiger partial charge in [-0.25, -0.2) is 0 Å². The van der Waals surface area contributed by atoms with Gasteiger partial charge < -0.3 is 0 Å². The first-order chi connectivity index (χ1) is 7.19. The average molecular weight is 202 g/mol. The number of nitrogens with zero attached hydrogens (tertiary/aromatic N) is 2. The Kier molecular flexibility index (Phi) is 3.30. The second kappa shape index (κ2) is 4.67. The van der Waals surface area contributed by atoms with Gasteiger partial charge in [-0.3, -0.25) is 14.9 Å². The first kappa shape index (κ1) is 10.6. The second-order valence-corrected chi connectivity index (χ2v) is 2.64. The molecular formula is C10H6N2O3. The molecule has 0 amide bonds. The number of aldehydes is 1. The number of benzene rings is 1. The SMILES string of the molecule is N#Cc1cc([N+](=O)[O-])ccc1C=CC=O. The van der Waals surface area contributed by atoms with E-state index >= 15 is 0 Å². The minimum Gasteiger partial charge on any atom is -0.299 e. The van der Waals surface area contributed by atoms with Crippen LogP contribution >= 0.6 is 0 Å². The maximum absolute atomic E-state index is 10.4. The van der Waals surface area contributed by atoms with Gasteiger partial charge in [-0.15, -0.1) is 0 Å². The Morgan fingerprint density at radius 1 is 1.47 bits per heavy atom. The third kappa shape index (κ3) is 2.48. The Morgan fingerprint density at radius 3 is 2.73 bits per heavy atom. The summed E-state index contributed by atoms with van der Waals surface area (Å²) in [7, 11) is 0. The molecule has 0 saturated carbocycles. The molecule has 0 radical (unpaired) electrons. The highest BCUT2D eigenvalue weighted by Gasteiger charge is 2.08. The van der Waals surface area contributed by atoms with Crippen LogP contribution in [0, 0.1) is 21.4 Å². The number of nitro groups is 1. The molecule has 1 aromatic rings. The highest BCUT2D eigenvalue weighted by molar-refractivity contribution is 5.75. The average Bonchev–Trinajstić information content (AvgIpc) is 2.25. The predicted octanol–water partition coefficient (Wildman–Crippen LogP) is 1.68. The maximum atomic E-state index is 10.4. The highest BCUT2D eigenvalue weighted by atomic mass is 16.6. The normalized spacial score (nSPS) is 9.80. The van der Waals surface area contributed by atoms with Crippen LogP contribution in [0.15, 0.2) is 24.3 Å². The third-order valence-corrected chi connectivity index (χ3v) is 1.72. The lowest BCUT2D eigenvalue weighted by molar-refractivity contribution is -0.384. The number of carbonyl (C=O) groups excluding carboxylic acids is 1. The number of nitriles is 1. The van der Waals surface area contributed by atoms with Crippen molar-refractivity contribution in [2.45, 2.75) is 0 Å². The molecule has 0 saturated heterocycles. The van der Waals surface area contributed by atoms with Crippen molar-refractivity contribution in [1.29, 1.82) is 5.26 Å². The van der Waals surface area contributed by atoms with Crippen LogP contribution in [0.2, 0.25) is 0 Å². The van der Waals surface area contributed by atoms with Crippen molar-refractivity contribution in [2.75, 3.05) is 0 Å². The Bertz CT molecular complexity index is 472. The van der Waals surface area contributed by atoms with Crippen LogP contribution in [0.5, 0.6) is 0 Å². The van der Waals surface area contributed by atoms with Crippen LogP contribution in [-0.4, -0.2) is 11.2 Å². The summed E-state index contributed by atoms with van der Waals surface area (Å²) in [5.41, 5.74) is 0.507. The molecule has 74 valence electrons. The van der Waals surface area contributed by atoms with Gasteiger partial charge >= 0.3 is 0 Å². The molecule has 0 spiro atoms. The molecule has 1 rings (SSSR count). The topological polar surface area (TPSA) is 84.0 Å². The van der Waals surface area contributed by atoms with E-state index in [1.165, 1.54) is 30.4 Å². The number of rotatable bonds is 3. The van der Waals surface area contributed by atoms with Gasteiger partial charge in [-0.2, -0.15) is 5.26 Å². The van der Waals surface area contributed by atoms with Gasteiger partial charge in [0.05, 0.1) is 10.5 Å². The van der Waals surface area contributed by atoms with E-state index in [4.69, 9.17) is 5.26 Å². The summed E-state index contributed by atoms with van der Waals surface area (Å²) >= 11 is 0. The Balaban J connectivity index is 3.22. The zero-order chi connectivity index (χ0) is 11.3. The predicted molar refractivity (Wildman–Crippen MR) is 52.9 cm³/mol. The van der Waals surface area contributed by atoms with Crippen molar-refractivity contribution in [2.24, 2.45) is 0 Å². The number of hydrogen-bond acceptors (Lipinski definition) is 4. The van der Waals surface area contributed by atoms with E-state index in [9.17, 15) is 14.9 Å². The van der Waals surface area contributed by atoms with Gasteiger partial charge in [0.2, 0.25) is 0 Å². The minimum absolute atomic E-state index is 0.144. The summed E-state index contributed by atoms with van der Waals surface area (Å²) in [6, 6.07) is 5.71.